The van der Waals surface area contributed by atoms with Gasteiger partial charge in [-0.25, -0.2) is 4.98 Å². The van der Waals surface area contributed by atoms with Crippen LogP contribution in [-0.2, 0) is 23.9 Å². The Morgan fingerprint density at radius 1 is 1.16 bits per heavy atom. The summed E-state index contributed by atoms with van der Waals surface area (Å²) in [6.45, 7) is 5.73. The molecule has 1 amide bonds. The minimum absolute atomic E-state index is 0.00292. The Labute approximate surface area is 215 Å². The lowest BCUT2D eigenvalue weighted by Crippen LogP contribution is -2.53. The van der Waals surface area contributed by atoms with Crippen LogP contribution in [0.25, 0.3) is 22.4 Å². The van der Waals surface area contributed by atoms with Crippen LogP contribution in [-0.4, -0.2) is 50.1 Å². The number of nitrogens with zero attached hydrogens (tertiary/aromatic N) is 6. The summed E-state index contributed by atoms with van der Waals surface area (Å²) in [7, 11) is 1.98. The standard InChI is InChI=1S/C27H30N8O2/c1-18-31-25(33-37-18)19-6-9-21(10-7-19)29-17-24-32-22-16-20(8-11-23(22)34(24)3)27(2,30-13-12-28)26(36)35-14-4-5-15-35/h6-11,16,29-30H,4-5,13-15,17H2,1-3H3. The van der Waals surface area contributed by atoms with Crippen LogP contribution in [0.1, 0.15) is 37.0 Å². The van der Waals surface area contributed by atoms with Gasteiger partial charge in [0.25, 0.3) is 0 Å². The molecule has 0 spiro atoms. The Morgan fingerprint density at radius 2 is 1.92 bits per heavy atom. The molecule has 0 bridgehead atoms. The van der Waals surface area contributed by atoms with Gasteiger partial charge in [0.2, 0.25) is 17.6 Å². The highest BCUT2D eigenvalue weighted by Gasteiger charge is 2.39. The van der Waals surface area contributed by atoms with Gasteiger partial charge >= 0.3 is 0 Å². The summed E-state index contributed by atoms with van der Waals surface area (Å²) in [6, 6.07) is 15.8. The van der Waals surface area contributed by atoms with Gasteiger partial charge in [0.05, 0.1) is 30.2 Å². The maximum absolute atomic E-state index is 13.5. The minimum Gasteiger partial charge on any atom is -0.378 e. The SMILES string of the molecule is Cc1nc(-c2ccc(NCc3nc4cc(C(C)(NCC#N)C(=O)N5CCCC5)ccc4n3C)cc2)no1. The van der Waals surface area contributed by atoms with Crippen LogP contribution in [0.4, 0.5) is 5.69 Å². The zero-order chi connectivity index (χ0) is 26.0. The molecule has 190 valence electrons. The largest absolute Gasteiger partial charge is 0.378 e. The fourth-order valence-electron chi connectivity index (χ4n) is 4.81. The van der Waals surface area contributed by atoms with E-state index in [9.17, 15) is 10.1 Å². The molecule has 1 aliphatic rings. The van der Waals surface area contributed by atoms with E-state index in [2.05, 4.69) is 26.8 Å². The number of aryl methyl sites for hydroxylation is 2. The van der Waals surface area contributed by atoms with Crippen LogP contribution < -0.4 is 10.6 Å². The fourth-order valence-corrected chi connectivity index (χ4v) is 4.81. The van der Waals surface area contributed by atoms with E-state index in [1.54, 1.807) is 6.92 Å². The van der Waals surface area contributed by atoms with Crippen LogP contribution in [0.3, 0.4) is 0 Å². The molecule has 2 N–H and O–H groups in total. The number of nitrogens with one attached hydrogen (secondary N) is 2. The van der Waals surface area contributed by atoms with E-state index in [1.807, 2.05) is 65.9 Å². The summed E-state index contributed by atoms with van der Waals surface area (Å²) >= 11 is 0. The van der Waals surface area contributed by atoms with E-state index in [0.717, 1.165) is 59.6 Å². The van der Waals surface area contributed by atoms with E-state index in [0.29, 0.717) is 18.3 Å². The molecular formula is C27H30N8O2. The third-order valence-corrected chi connectivity index (χ3v) is 7.01. The molecule has 10 nitrogen and oxygen atoms in total. The Morgan fingerprint density at radius 3 is 2.59 bits per heavy atom. The first-order chi connectivity index (χ1) is 17.9. The summed E-state index contributed by atoms with van der Waals surface area (Å²) in [4.78, 5) is 24.5. The number of fused-ring (bicyclic) bond motifs is 1. The topological polar surface area (TPSA) is 125 Å². The van der Waals surface area contributed by atoms with Crippen molar-refractivity contribution >= 4 is 22.6 Å². The van der Waals surface area contributed by atoms with Gasteiger partial charge in [-0.05, 0) is 61.7 Å². The molecule has 5 rings (SSSR count). The highest BCUT2D eigenvalue weighted by molar-refractivity contribution is 5.89. The Kier molecular flexibility index (Phi) is 6.63. The number of benzene rings is 2. The molecule has 0 aliphatic carbocycles. The Bertz CT molecular complexity index is 1460. The third-order valence-electron chi connectivity index (χ3n) is 7.01. The number of imidazole rings is 1. The molecule has 4 aromatic rings. The van der Waals surface area contributed by atoms with E-state index in [-0.39, 0.29) is 12.5 Å². The number of amides is 1. The number of anilines is 1. The molecule has 2 aromatic heterocycles. The summed E-state index contributed by atoms with van der Waals surface area (Å²) in [5, 5.41) is 19.7. The smallest absolute Gasteiger partial charge is 0.247 e. The lowest BCUT2D eigenvalue weighted by molar-refractivity contribution is -0.137. The summed E-state index contributed by atoms with van der Waals surface area (Å²) in [5.74, 6) is 1.96. The summed E-state index contributed by atoms with van der Waals surface area (Å²) < 4.78 is 7.10. The van der Waals surface area contributed by atoms with Crippen molar-refractivity contribution in [1.82, 2.24) is 29.9 Å². The van der Waals surface area contributed by atoms with Gasteiger partial charge in [-0.15, -0.1) is 0 Å². The first-order valence-corrected chi connectivity index (χ1v) is 12.4. The van der Waals surface area contributed by atoms with Crippen LogP contribution >= 0.6 is 0 Å². The second-order valence-electron chi connectivity index (χ2n) is 9.49. The number of carbonyl (C=O) groups excluding carboxylic acids is 1. The zero-order valence-corrected chi connectivity index (χ0v) is 21.3. The average Bonchev–Trinajstić information content (AvgIpc) is 3.67. The number of rotatable bonds is 8. The molecule has 10 heteroatoms. The summed E-state index contributed by atoms with van der Waals surface area (Å²) in [5.41, 5.74) is 3.41. The maximum Gasteiger partial charge on any atom is 0.247 e. The molecule has 37 heavy (non-hydrogen) atoms. The third kappa shape index (κ3) is 4.78. The van der Waals surface area contributed by atoms with Crippen molar-refractivity contribution in [1.29, 1.82) is 5.26 Å². The monoisotopic (exact) mass is 498 g/mol. The number of hydrogen-bond acceptors (Lipinski definition) is 8. The van der Waals surface area contributed by atoms with Gasteiger partial charge in [-0.3, -0.25) is 10.1 Å². The molecule has 0 radical (unpaired) electrons. The van der Waals surface area contributed by atoms with Gasteiger partial charge in [0.1, 0.15) is 11.4 Å². The van der Waals surface area contributed by atoms with Crippen molar-refractivity contribution in [2.24, 2.45) is 7.05 Å². The molecule has 2 aromatic carbocycles. The first-order valence-electron chi connectivity index (χ1n) is 12.4. The molecule has 3 heterocycles. The number of hydrogen-bond donors (Lipinski definition) is 2. The van der Waals surface area contributed by atoms with Crippen molar-refractivity contribution in [3.8, 4) is 17.5 Å². The minimum atomic E-state index is -0.997. The number of aromatic nitrogens is 4. The normalized spacial score (nSPS) is 15.0. The van der Waals surface area contributed by atoms with Gasteiger partial charge < -0.3 is 19.3 Å². The fraction of sp³-hybridized carbons (Fsp3) is 0.370. The van der Waals surface area contributed by atoms with Crippen molar-refractivity contribution in [3.63, 3.8) is 0 Å². The van der Waals surface area contributed by atoms with Crippen LogP contribution in [0, 0.1) is 18.3 Å². The van der Waals surface area contributed by atoms with Crippen molar-refractivity contribution in [2.45, 2.75) is 38.8 Å². The van der Waals surface area contributed by atoms with Gasteiger partial charge in [-0.1, -0.05) is 11.2 Å². The average molecular weight is 499 g/mol. The zero-order valence-electron chi connectivity index (χ0n) is 21.3. The summed E-state index contributed by atoms with van der Waals surface area (Å²) in [6.07, 6.45) is 2.02. The van der Waals surface area contributed by atoms with Crippen molar-refractivity contribution < 1.29 is 9.32 Å². The molecule has 1 atom stereocenters. The Hall–Kier alpha value is -4.23. The number of nitriles is 1. The van der Waals surface area contributed by atoms with Crippen LogP contribution in [0.5, 0.6) is 0 Å². The molecule has 1 aliphatic heterocycles. The van der Waals surface area contributed by atoms with Gasteiger partial charge in [0, 0.05) is 38.3 Å². The van der Waals surface area contributed by atoms with Crippen LogP contribution in [0.2, 0.25) is 0 Å². The Balaban J connectivity index is 1.36. The predicted molar refractivity (Wildman–Crippen MR) is 139 cm³/mol. The number of carbonyl (C=O) groups is 1. The quantitative estimate of drug-likeness (QED) is 0.354. The molecule has 1 saturated heterocycles. The molecule has 1 unspecified atom stereocenters. The van der Waals surface area contributed by atoms with E-state index in [1.165, 1.54) is 0 Å². The highest BCUT2D eigenvalue weighted by atomic mass is 16.5. The van der Waals surface area contributed by atoms with Crippen LogP contribution in [0.15, 0.2) is 47.0 Å². The predicted octanol–water partition coefficient (Wildman–Crippen LogP) is 3.49. The molecule has 1 fully saturated rings. The lowest BCUT2D eigenvalue weighted by atomic mass is 9.89. The van der Waals surface area contributed by atoms with Crippen molar-refractivity contribution in [3.05, 3.63) is 59.7 Å². The highest BCUT2D eigenvalue weighted by Crippen LogP contribution is 2.29. The van der Waals surface area contributed by atoms with E-state index in [4.69, 9.17) is 9.51 Å². The second-order valence-corrected chi connectivity index (χ2v) is 9.49. The van der Waals surface area contributed by atoms with Crippen molar-refractivity contribution in [2.75, 3.05) is 25.0 Å². The van der Waals surface area contributed by atoms with Gasteiger partial charge in [0.15, 0.2) is 0 Å². The van der Waals surface area contributed by atoms with E-state index >= 15 is 0 Å². The number of likely N-dealkylation sites (tertiary alicyclic amines) is 1. The molecule has 0 saturated carbocycles. The first kappa shape index (κ1) is 24.5. The van der Waals surface area contributed by atoms with Gasteiger partial charge in [-0.2, -0.15) is 10.2 Å². The second kappa shape index (κ2) is 10.0. The van der Waals surface area contributed by atoms with E-state index < -0.39 is 5.54 Å². The molecular weight excluding hydrogens is 468 g/mol. The maximum atomic E-state index is 13.5. The lowest BCUT2D eigenvalue weighted by Gasteiger charge is -2.33.